The maximum absolute atomic E-state index is 13.2. The van der Waals surface area contributed by atoms with E-state index >= 15 is 0 Å². The lowest BCUT2D eigenvalue weighted by molar-refractivity contribution is 0.489. The Labute approximate surface area is 83.1 Å². The van der Waals surface area contributed by atoms with Gasteiger partial charge in [-0.05, 0) is 38.4 Å². The van der Waals surface area contributed by atoms with Crippen molar-refractivity contribution in [3.8, 4) is 0 Å². The third-order valence-electron chi connectivity index (χ3n) is 2.37. The molecule has 0 fully saturated rings. The van der Waals surface area contributed by atoms with E-state index in [0.717, 1.165) is 12.5 Å². The predicted octanol–water partition coefficient (Wildman–Crippen LogP) is 2.51. The van der Waals surface area contributed by atoms with Crippen molar-refractivity contribution >= 4 is 0 Å². The molecule has 78 valence electrons. The molecular formula is C11H15F2N. The molecule has 0 aliphatic heterocycles. The fraction of sp³-hybridized carbons (Fsp3) is 0.455. The average Bonchev–Trinajstić information content (AvgIpc) is 2.20. The van der Waals surface area contributed by atoms with Gasteiger partial charge in [-0.15, -0.1) is 0 Å². The summed E-state index contributed by atoms with van der Waals surface area (Å²) in [6.07, 6.45) is 1.36. The minimum absolute atomic E-state index is 0.317. The van der Waals surface area contributed by atoms with E-state index < -0.39 is 11.6 Å². The quantitative estimate of drug-likeness (QED) is 0.785. The van der Waals surface area contributed by atoms with Gasteiger partial charge in [0.1, 0.15) is 0 Å². The molecule has 0 heterocycles. The highest BCUT2D eigenvalue weighted by molar-refractivity contribution is 5.19. The molecule has 1 aromatic carbocycles. The van der Waals surface area contributed by atoms with Gasteiger partial charge in [-0.2, -0.15) is 0 Å². The minimum Gasteiger partial charge on any atom is -0.317 e. The van der Waals surface area contributed by atoms with Gasteiger partial charge in [0.05, 0.1) is 0 Å². The van der Waals surface area contributed by atoms with Gasteiger partial charge >= 0.3 is 0 Å². The second kappa shape index (κ2) is 5.05. The van der Waals surface area contributed by atoms with E-state index in [2.05, 4.69) is 5.32 Å². The Balaban J connectivity index is 2.63. The van der Waals surface area contributed by atoms with Gasteiger partial charge < -0.3 is 5.32 Å². The third kappa shape index (κ3) is 2.77. The normalized spacial score (nSPS) is 12.9. The van der Waals surface area contributed by atoms with Crippen molar-refractivity contribution in [3.63, 3.8) is 0 Å². The van der Waals surface area contributed by atoms with Gasteiger partial charge in [0.2, 0.25) is 0 Å². The van der Waals surface area contributed by atoms with Gasteiger partial charge in [-0.3, -0.25) is 0 Å². The Morgan fingerprint density at radius 2 is 2.07 bits per heavy atom. The lowest BCUT2D eigenvalue weighted by atomic mass is 10.1. The summed E-state index contributed by atoms with van der Waals surface area (Å²) in [4.78, 5) is 0. The van der Waals surface area contributed by atoms with Crippen LogP contribution in [-0.2, 0) is 6.42 Å². The van der Waals surface area contributed by atoms with Crippen LogP contribution >= 0.6 is 0 Å². The molecule has 1 N–H and O–H groups in total. The van der Waals surface area contributed by atoms with E-state index in [4.69, 9.17) is 0 Å². The van der Waals surface area contributed by atoms with Crippen LogP contribution in [0.15, 0.2) is 18.2 Å². The summed E-state index contributed by atoms with van der Waals surface area (Å²) in [6.45, 7) is 2.01. The molecule has 14 heavy (non-hydrogen) atoms. The molecule has 0 aliphatic carbocycles. The maximum Gasteiger partial charge on any atom is 0.162 e. The first-order chi connectivity index (χ1) is 6.65. The Bertz CT molecular complexity index is 299. The summed E-state index contributed by atoms with van der Waals surface area (Å²) in [5.41, 5.74) is 0.451. The molecule has 0 saturated carbocycles. The van der Waals surface area contributed by atoms with Crippen LogP contribution in [0, 0.1) is 11.6 Å². The lowest BCUT2D eigenvalue weighted by Crippen LogP contribution is -2.21. The Morgan fingerprint density at radius 3 is 2.71 bits per heavy atom. The van der Waals surface area contributed by atoms with Crippen molar-refractivity contribution in [1.29, 1.82) is 0 Å². The molecule has 0 radical (unpaired) electrons. The number of benzene rings is 1. The zero-order valence-corrected chi connectivity index (χ0v) is 8.48. The van der Waals surface area contributed by atoms with Crippen LogP contribution in [0.4, 0.5) is 8.78 Å². The van der Waals surface area contributed by atoms with Crippen molar-refractivity contribution < 1.29 is 8.78 Å². The molecule has 1 rings (SSSR count). The number of hydrogen-bond acceptors (Lipinski definition) is 1. The first-order valence-electron chi connectivity index (χ1n) is 4.75. The van der Waals surface area contributed by atoms with Gasteiger partial charge in [-0.25, -0.2) is 8.78 Å². The monoisotopic (exact) mass is 199 g/mol. The van der Waals surface area contributed by atoms with Crippen molar-refractivity contribution in [3.05, 3.63) is 35.4 Å². The fourth-order valence-corrected chi connectivity index (χ4v) is 1.26. The molecule has 0 spiro atoms. The Morgan fingerprint density at radius 1 is 1.36 bits per heavy atom. The molecule has 0 aliphatic rings. The van der Waals surface area contributed by atoms with Crippen LogP contribution in [0.25, 0.3) is 0 Å². The third-order valence-corrected chi connectivity index (χ3v) is 2.37. The van der Waals surface area contributed by atoms with Gasteiger partial charge in [0.15, 0.2) is 11.6 Å². The number of rotatable bonds is 4. The summed E-state index contributed by atoms with van der Waals surface area (Å²) >= 11 is 0. The molecule has 0 saturated heterocycles. The average molecular weight is 199 g/mol. The summed E-state index contributed by atoms with van der Waals surface area (Å²) in [6, 6.07) is 4.62. The molecular weight excluding hydrogens is 184 g/mol. The molecule has 0 aromatic heterocycles. The lowest BCUT2D eigenvalue weighted by Gasteiger charge is -2.10. The number of halogens is 2. The topological polar surface area (TPSA) is 12.0 Å². The van der Waals surface area contributed by atoms with Crippen molar-refractivity contribution in [2.24, 2.45) is 0 Å². The van der Waals surface area contributed by atoms with E-state index in [1.165, 1.54) is 6.07 Å². The standard InChI is InChI=1S/C11H15F2N/c1-8(14-2)6-7-9-4-3-5-10(12)11(9)13/h3-5,8,14H,6-7H2,1-2H3. The molecule has 0 bridgehead atoms. The van der Waals surface area contributed by atoms with E-state index in [1.807, 2.05) is 14.0 Å². The molecule has 1 atom stereocenters. The van der Waals surface area contributed by atoms with E-state index in [9.17, 15) is 8.78 Å². The smallest absolute Gasteiger partial charge is 0.162 e. The first kappa shape index (κ1) is 11.1. The molecule has 1 aromatic rings. The van der Waals surface area contributed by atoms with E-state index in [-0.39, 0.29) is 0 Å². The van der Waals surface area contributed by atoms with Crippen molar-refractivity contribution in [2.45, 2.75) is 25.8 Å². The summed E-state index contributed by atoms with van der Waals surface area (Å²) in [5, 5.41) is 3.05. The van der Waals surface area contributed by atoms with Crippen molar-refractivity contribution in [2.75, 3.05) is 7.05 Å². The van der Waals surface area contributed by atoms with Gasteiger partial charge in [0.25, 0.3) is 0 Å². The molecule has 1 unspecified atom stereocenters. The maximum atomic E-state index is 13.2. The zero-order chi connectivity index (χ0) is 10.6. The van der Waals surface area contributed by atoms with Crippen LogP contribution in [0.5, 0.6) is 0 Å². The number of nitrogens with one attached hydrogen (secondary N) is 1. The predicted molar refractivity (Wildman–Crippen MR) is 53.2 cm³/mol. The summed E-state index contributed by atoms with van der Waals surface area (Å²) in [5.74, 6) is -1.48. The summed E-state index contributed by atoms with van der Waals surface area (Å²) < 4.78 is 26.0. The van der Waals surface area contributed by atoms with Crippen molar-refractivity contribution in [1.82, 2.24) is 5.32 Å². The first-order valence-corrected chi connectivity index (χ1v) is 4.75. The molecule has 3 heteroatoms. The highest BCUT2D eigenvalue weighted by Crippen LogP contribution is 2.13. The van der Waals surface area contributed by atoms with Crippen LogP contribution in [0.2, 0.25) is 0 Å². The highest BCUT2D eigenvalue weighted by atomic mass is 19.2. The highest BCUT2D eigenvalue weighted by Gasteiger charge is 2.08. The van der Waals surface area contributed by atoms with Gasteiger partial charge in [0, 0.05) is 6.04 Å². The Kier molecular flexibility index (Phi) is 4.01. The van der Waals surface area contributed by atoms with E-state index in [0.29, 0.717) is 18.0 Å². The second-order valence-corrected chi connectivity index (χ2v) is 3.44. The fourth-order valence-electron chi connectivity index (χ4n) is 1.26. The molecule has 1 nitrogen and oxygen atoms in total. The number of aryl methyl sites for hydroxylation is 1. The van der Waals surface area contributed by atoms with Crippen LogP contribution in [-0.4, -0.2) is 13.1 Å². The van der Waals surface area contributed by atoms with Crippen LogP contribution in [0.3, 0.4) is 0 Å². The summed E-state index contributed by atoms with van der Waals surface area (Å²) in [7, 11) is 1.85. The number of hydrogen-bond donors (Lipinski definition) is 1. The van der Waals surface area contributed by atoms with Gasteiger partial charge in [-0.1, -0.05) is 12.1 Å². The largest absolute Gasteiger partial charge is 0.317 e. The Hall–Kier alpha value is -0.960. The minimum atomic E-state index is -0.764. The van der Waals surface area contributed by atoms with E-state index in [1.54, 1.807) is 6.07 Å². The zero-order valence-electron chi connectivity index (χ0n) is 8.48. The van der Waals surface area contributed by atoms with Crippen LogP contribution < -0.4 is 5.32 Å². The second-order valence-electron chi connectivity index (χ2n) is 3.44. The molecule has 0 amide bonds. The van der Waals surface area contributed by atoms with Crippen LogP contribution in [0.1, 0.15) is 18.9 Å². The SMILES string of the molecule is CNC(C)CCc1cccc(F)c1F.